The molecule has 5 heteroatoms. The Morgan fingerprint density at radius 3 is 3.06 bits per heavy atom. The molecular formula is C12H10FNO2S. The molecule has 3 nitrogen and oxygen atoms in total. The predicted octanol–water partition coefficient (Wildman–Crippen LogP) is 3.63. The molecule has 0 aliphatic carbocycles. The number of carbonyl (C=O) groups is 1. The van der Waals surface area contributed by atoms with Crippen LogP contribution in [0.3, 0.4) is 0 Å². The van der Waals surface area contributed by atoms with Gasteiger partial charge in [-0.2, -0.15) is 0 Å². The summed E-state index contributed by atoms with van der Waals surface area (Å²) >= 11 is 1.29. The van der Waals surface area contributed by atoms with Gasteiger partial charge in [-0.3, -0.25) is 9.69 Å². The molecule has 0 bridgehead atoms. The Hall–Kier alpha value is -1.49. The molecule has 1 amide bonds. The van der Waals surface area contributed by atoms with Gasteiger partial charge < -0.3 is 4.42 Å². The van der Waals surface area contributed by atoms with Crippen LogP contribution < -0.4 is 4.90 Å². The van der Waals surface area contributed by atoms with E-state index in [2.05, 4.69) is 0 Å². The molecule has 0 N–H and O–H groups in total. The van der Waals surface area contributed by atoms with E-state index in [1.807, 2.05) is 6.92 Å². The molecule has 1 aliphatic heterocycles. The Kier molecular flexibility index (Phi) is 2.36. The van der Waals surface area contributed by atoms with Crippen molar-refractivity contribution >= 4 is 33.7 Å². The molecule has 2 aromatic rings. The smallest absolute Gasteiger partial charge is 0.286 e. The maximum atomic E-state index is 13.5. The molecule has 88 valence electrons. The number of amides is 1. The number of rotatable bonds is 1. The first-order chi connectivity index (χ1) is 8.16. The highest BCUT2D eigenvalue weighted by atomic mass is 32.2. The molecule has 1 aliphatic rings. The van der Waals surface area contributed by atoms with Gasteiger partial charge in [-0.05, 0) is 12.1 Å². The standard InChI is InChI=1S/C12H10FNO2S/c1-7-5-14(12(15)17-7)10-6-16-11-8(10)3-2-4-9(11)13/h2-4,6-7H,5H2,1H3/t7-/m1/s1. The third-order valence-electron chi connectivity index (χ3n) is 2.78. The average Bonchev–Trinajstić information content (AvgIpc) is 2.83. The Morgan fingerprint density at radius 1 is 1.53 bits per heavy atom. The number of thioether (sulfide) groups is 1. The minimum Gasteiger partial charge on any atom is -0.459 e. The molecule has 17 heavy (non-hydrogen) atoms. The van der Waals surface area contributed by atoms with E-state index in [1.165, 1.54) is 24.1 Å². The fourth-order valence-electron chi connectivity index (χ4n) is 2.02. The van der Waals surface area contributed by atoms with Crippen LogP contribution in [0.15, 0.2) is 28.9 Å². The van der Waals surface area contributed by atoms with Gasteiger partial charge in [0.2, 0.25) is 0 Å². The van der Waals surface area contributed by atoms with Crippen molar-refractivity contribution in [3.05, 3.63) is 30.3 Å². The molecule has 0 spiro atoms. The van der Waals surface area contributed by atoms with Crippen molar-refractivity contribution in [2.45, 2.75) is 12.2 Å². The summed E-state index contributed by atoms with van der Waals surface area (Å²) in [5.74, 6) is -0.402. The molecule has 1 fully saturated rings. The fourth-order valence-corrected chi connectivity index (χ4v) is 2.89. The molecule has 3 rings (SSSR count). The van der Waals surface area contributed by atoms with Crippen LogP contribution in [-0.2, 0) is 0 Å². The van der Waals surface area contributed by atoms with Gasteiger partial charge in [-0.15, -0.1) is 0 Å². The minimum absolute atomic E-state index is 0.00976. The van der Waals surface area contributed by atoms with Crippen molar-refractivity contribution in [1.82, 2.24) is 0 Å². The molecular weight excluding hydrogens is 241 g/mol. The molecule has 1 aromatic carbocycles. The van der Waals surface area contributed by atoms with Crippen LogP contribution in [0, 0.1) is 5.82 Å². The fraction of sp³-hybridized carbons (Fsp3) is 0.250. The second kappa shape index (κ2) is 3.77. The van der Waals surface area contributed by atoms with Crippen molar-refractivity contribution in [3.8, 4) is 0 Å². The number of hydrogen-bond acceptors (Lipinski definition) is 3. The Labute approximate surface area is 102 Å². The van der Waals surface area contributed by atoms with E-state index in [4.69, 9.17) is 4.42 Å². The van der Waals surface area contributed by atoms with E-state index in [0.717, 1.165) is 0 Å². The maximum absolute atomic E-state index is 13.5. The average molecular weight is 251 g/mol. The van der Waals surface area contributed by atoms with E-state index in [-0.39, 0.29) is 16.1 Å². The predicted molar refractivity (Wildman–Crippen MR) is 66.0 cm³/mol. The van der Waals surface area contributed by atoms with Crippen molar-refractivity contribution in [2.24, 2.45) is 0 Å². The lowest BCUT2D eigenvalue weighted by Gasteiger charge is -2.12. The summed E-state index contributed by atoms with van der Waals surface area (Å²) in [5, 5.41) is 0.888. The van der Waals surface area contributed by atoms with Crippen molar-refractivity contribution in [3.63, 3.8) is 0 Å². The summed E-state index contributed by atoms with van der Waals surface area (Å²) in [6.45, 7) is 2.63. The summed E-state index contributed by atoms with van der Waals surface area (Å²) in [6, 6.07) is 4.73. The van der Waals surface area contributed by atoms with E-state index < -0.39 is 5.82 Å². The van der Waals surface area contributed by atoms with Crippen molar-refractivity contribution < 1.29 is 13.6 Å². The zero-order valence-corrected chi connectivity index (χ0v) is 9.96. The van der Waals surface area contributed by atoms with Gasteiger partial charge in [0.05, 0.1) is 5.69 Å². The van der Waals surface area contributed by atoms with Crippen molar-refractivity contribution in [1.29, 1.82) is 0 Å². The van der Waals surface area contributed by atoms with Gasteiger partial charge in [-0.25, -0.2) is 4.39 Å². The minimum atomic E-state index is -0.402. The van der Waals surface area contributed by atoms with Gasteiger partial charge in [0, 0.05) is 17.2 Å². The van der Waals surface area contributed by atoms with E-state index >= 15 is 0 Å². The number of hydrogen-bond donors (Lipinski definition) is 0. The first-order valence-electron chi connectivity index (χ1n) is 5.30. The third kappa shape index (κ3) is 1.61. The highest BCUT2D eigenvalue weighted by Gasteiger charge is 2.30. The van der Waals surface area contributed by atoms with Crippen LogP contribution in [0.1, 0.15) is 6.92 Å². The number of anilines is 1. The van der Waals surface area contributed by atoms with Crippen LogP contribution in [0.2, 0.25) is 0 Å². The van der Waals surface area contributed by atoms with Crippen LogP contribution in [-0.4, -0.2) is 17.0 Å². The largest absolute Gasteiger partial charge is 0.459 e. The third-order valence-corrected chi connectivity index (χ3v) is 3.76. The first-order valence-corrected chi connectivity index (χ1v) is 6.18. The second-order valence-corrected chi connectivity index (χ2v) is 5.43. The number of carbonyl (C=O) groups excluding carboxylic acids is 1. The first kappa shape index (κ1) is 10.7. The Bertz CT molecular complexity index is 595. The monoisotopic (exact) mass is 251 g/mol. The zero-order chi connectivity index (χ0) is 12.0. The molecule has 2 heterocycles. The quantitative estimate of drug-likeness (QED) is 0.776. The van der Waals surface area contributed by atoms with Gasteiger partial charge in [0.25, 0.3) is 5.24 Å². The van der Waals surface area contributed by atoms with E-state index in [0.29, 0.717) is 17.6 Å². The Morgan fingerprint density at radius 2 is 2.35 bits per heavy atom. The van der Waals surface area contributed by atoms with Crippen LogP contribution >= 0.6 is 11.8 Å². The van der Waals surface area contributed by atoms with Gasteiger partial charge in [0.1, 0.15) is 6.26 Å². The number of benzene rings is 1. The normalized spacial score (nSPS) is 20.5. The highest BCUT2D eigenvalue weighted by Crippen LogP contribution is 2.36. The van der Waals surface area contributed by atoms with Gasteiger partial charge in [-0.1, -0.05) is 24.8 Å². The summed E-state index contributed by atoms with van der Waals surface area (Å²) in [6.07, 6.45) is 1.45. The lowest BCUT2D eigenvalue weighted by Crippen LogP contribution is -2.23. The number of para-hydroxylation sites is 1. The molecule has 0 saturated carbocycles. The summed E-state index contributed by atoms with van der Waals surface area (Å²) in [4.78, 5) is 13.4. The molecule has 1 aromatic heterocycles. The molecule has 0 radical (unpaired) electrons. The van der Waals surface area contributed by atoms with E-state index in [9.17, 15) is 9.18 Å². The number of fused-ring (bicyclic) bond motifs is 1. The SMILES string of the molecule is C[C@@H]1CN(c2coc3c(F)cccc23)C(=O)S1. The van der Waals surface area contributed by atoms with Crippen LogP contribution in [0.5, 0.6) is 0 Å². The summed E-state index contributed by atoms with van der Waals surface area (Å²) in [7, 11) is 0. The number of furan rings is 1. The number of halogens is 1. The second-order valence-electron chi connectivity index (χ2n) is 4.04. The topological polar surface area (TPSA) is 33.5 Å². The van der Waals surface area contributed by atoms with E-state index in [1.54, 1.807) is 17.0 Å². The van der Waals surface area contributed by atoms with Crippen molar-refractivity contribution in [2.75, 3.05) is 11.4 Å². The highest BCUT2D eigenvalue weighted by molar-refractivity contribution is 8.14. The van der Waals surface area contributed by atoms with Crippen LogP contribution in [0.4, 0.5) is 14.9 Å². The summed E-state index contributed by atoms with van der Waals surface area (Å²) in [5.41, 5.74) is 0.862. The lowest BCUT2D eigenvalue weighted by molar-refractivity contribution is 0.266. The lowest BCUT2D eigenvalue weighted by atomic mass is 10.2. The van der Waals surface area contributed by atoms with Crippen LogP contribution in [0.25, 0.3) is 11.0 Å². The summed E-state index contributed by atoms with van der Waals surface area (Å²) < 4.78 is 18.7. The Balaban J connectivity index is 2.12. The van der Waals surface area contributed by atoms with Gasteiger partial charge >= 0.3 is 0 Å². The molecule has 0 unspecified atom stereocenters. The maximum Gasteiger partial charge on any atom is 0.286 e. The molecule has 1 atom stereocenters. The zero-order valence-electron chi connectivity index (χ0n) is 9.14. The van der Waals surface area contributed by atoms with Gasteiger partial charge in [0.15, 0.2) is 11.4 Å². The molecule has 1 saturated heterocycles. The number of nitrogens with zero attached hydrogens (tertiary/aromatic N) is 1.